The number of hydrogen-bond acceptors (Lipinski definition) is 4. The molecular formula is C26H28F2N6O. The molecule has 0 unspecified atom stereocenters. The molecule has 1 N–H and O–H groups in total. The highest BCUT2D eigenvalue weighted by Gasteiger charge is 2.28. The Labute approximate surface area is 201 Å². The standard InChI is InChI=1S/C26H28F2N6O/c27-26(28)34-16-29-31-23(34)12-17-5-4-6-20(11-17)33-15-22(18-7-8-18)21-13-19(30-24(21)25(33)35)14-32-9-2-1-3-10-32/h4-6,11,13,15-16,18,26,30H,1-3,7-10,12,14H2. The first-order valence-corrected chi connectivity index (χ1v) is 12.3. The van der Waals surface area contributed by atoms with Crippen LogP contribution in [0.1, 0.15) is 67.2 Å². The number of nitrogens with one attached hydrogen (secondary N) is 1. The third kappa shape index (κ3) is 4.40. The number of aromatic nitrogens is 5. The van der Waals surface area contributed by atoms with E-state index in [-0.39, 0.29) is 17.8 Å². The van der Waals surface area contributed by atoms with E-state index in [1.807, 2.05) is 30.5 Å². The average Bonchev–Trinajstić information content (AvgIpc) is 3.44. The van der Waals surface area contributed by atoms with Gasteiger partial charge in [-0.2, -0.15) is 8.78 Å². The number of likely N-dealkylation sites (tertiary alicyclic amines) is 1. The number of H-pyrrole nitrogens is 1. The molecule has 182 valence electrons. The molecule has 2 aliphatic rings. The van der Waals surface area contributed by atoms with E-state index in [1.165, 1.54) is 24.8 Å². The summed E-state index contributed by atoms with van der Waals surface area (Å²) in [6, 6.07) is 9.61. The minimum absolute atomic E-state index is 0.0952. The summed E-state index contributed by atoms with van der Waals surface area (Å²) in [6.45, 7) is 0.335. The zero-order valence-corrected chi connectivity index (χ0v) is 19.5. The molecule has 0 radical (unpaired) electrons. The van der Waals surface area contributed by atoms with E-state index in [4.69, 9.17) is 0 Å². The quantitative estimate of drug-likeness (QED) is 0.416. The minimum Gasteiger partial charge on any atom is -0.353 e. The number of pyridine rings is 1. The molecule has 1 aromatic carbocycles. The Balaban J connectivity index is 1.37. The fourth-order valence-corrected chi connectivity index (χ4v) is 5.20. The molecule has 7 nitrogen and oxygen atoms in total. The third-order valence-corrected chi connectivity index (χ3v) is 7.15. The minimum atomic E-state index is -2.69. The molecule has 3 aromatic heterocycles. The van der Waals surface area contributed by atoms with Crippen LogP contribution >= 0.6 is 0 Å². The summed E-state index contributed by atoms with van der Waals surface area (Å²) in [6.07, 6.45) is 9.21. The maximum Gasteiger partial charge on any atom is 0.321 e. The molecule has 6 rings (SSSR count). The van der Waals surface area contributed by atoms with Crippen LogP contribution in [0.2, 0.25) is 0 Å². The third-order valence-electron chi connectivity index (χ3n) is 7.15. The maximum absolute atomic E-state index is 13.6. The molecule has 2 fully saturated rings. The first kappa shape index (κ1) is 22.2. The first-order valence-electron chi connectivity index (χ1n) is 12.3. The lowest BCUT2D eigenvalue weighted by Gasteiger charge is -2.25. The Morgan fingerprint density at radius 2 is 1.94 bits per heavy atom. The van der Waals surface area contributed by atoms with Crippen molar-refractivity contribution < 1.29 is 8.78 Å². The van der Waals surface area contributed by atoms with Gasteiger partial charge in [0.1, 0.15) is 17.7 Å². The number of benzene rings is 1. The smallest absolute Gasteiger partial charge is 0.321 e. The molecule has 0 atom stereocenters. The van der Waals surface area contributed by atoms with Crippen molar-refractivity contribution in [3.63, 3.8) is 0 Å². The molecule has 9 heteroatoms. The van der Waals surface area contributed by atoms with Gasteiger partial charge >= 0.3 is 6.55 Å². The Kier molecular flexibility index (Phi) is 5.72. The monoisotopic (exact) mass is 478 g/mol. The highest BCUT2D eigenvalue weighted by Crippen LogP contribution is 2.43. The van der Waals surface area contributed by atoms with Gasteiger partial charge in [-0.3, -0.25) is 18.8 Å². The van der Waals surface area contributed by atoms with Crippen molar-refractivity contribution in [3.8, 4) is 5.69 Å². The van der Waals surface area contributed by atoms with E-state index in [1.54, 1.807) is 4.57 Å². The molecule has 1 saturated carbocycles. The summed E-state index contributed by atoms with van der Waals surface area (Å²) >= 11 is 0. The molecule has 0 amide bonds. The van der Waals surface area contributed by atoms with Crippen LogP contribution in [0.5, 0.6) is 0 Å². The van der Waals surface area contributed by atoms with Gasteiger partial charge in [0.15, 0.2) is 0 Å². The van der Waals surface area contributed by atoms with Crippen LogP contribution in [0.3, 0.4) is 0 Å². The largest absolute Gasteiger partial charge is 0.353 e. The Hall–Kier alpha value is -3.33. The number of rotatable bonds is 7. The van der Waals surface area contributed by atoms with E-state index in [9.17, 15) is 13.6 Å². The fourth-order valence-electron chi connectivity index (χ4n) is 5.20. The number of hydrogen-bond donors (Lipinski definition) is 1. The van der Waals surface area contributed by atoms with Crippen LogP contribution in [-0.4, -0.2) is 42.3 Å². The number of halogens is 2. The number of fused-ring (bicyclic) bond motifs is 1. The number of aromatic amines is 1. The Morgan fingerprint density at radius 1 is 1.11 bits per heavy atom. The van der Waals surface area contributed by atoms with E-state index in [2.05, 4.69) is 26.1 Å². The van der Waals surface area contributed by atoms with Gasteiger partial charge < -0.3 is 4.98 Å². The summed E-state index contributed by atoms with van der Waals surface area (Å²) in [5, 5.41) is 8.50. The molecule has 1 saturated heterocycles. The van der Waals surface area contributed by atoms with Crippen molar-refractivity contribution in [2.75, 3.05) is 13.1 Å². The van der Waals surface area contributed by atoms with Crippen LogP contribution < -0.4 is 5.56 Å². The average molecular weight is 479 g/mol. The molecule has 4 heterocycles. The zero-order valence-electron chi connectivity index (χ0n) is 19.5. The summed E-state index contributed by atoms with van der Waals surface area (Å²) < 4.78 is 28.9. The predicted octanol–water partition coefficient (Wildman–Crippen LogP) is 4.76. The normalized spacial score (nSPS) is 17.0. The summed E-state index contributed by atoms with van der Waals surface area (Å²) in [5.74, 6) is 0.654. The number of nitrogens with zero attached hydrogens (tertiary/aromatic N) is 5. The van der Waals surface area contributed by atoms with E-state index >= 15 is 0 Å². The van der Waals surface area contributed by atoms with Crippen molar-refractivity contribution in [1.29, 1.82) is 0 Å². The molecule has 1 aliphatic carbocycles. The van der Waals surface area contributed by atoms with Crippen molar-refractivity contribution in [1.82, 2.24) is 29.2 Å². The summed E-state index contributed by atoms with van der Waals surface area (Å²) in [7, 11) is 0. The molecule has 35 heavy (non-hydrogen) atoms. The van der Waals surface area contributed by atoms with Gasteiger partial charge in [0.25, 0.3) is 5.56 Å². The van der Waals surface area contributed by atoms with Crippen LogP contribution in [0.4, 0.5) is 8.78 Å². The summed E-state index contributed by atoms with van der Waals surface area (Å²) in [5.41, 5.74) is 4.33. The maximum atomic E-state index is 13.6. The van der Waals surface area contributed by atoms with Crippen LogP contribution in [0, 0.1) is 0 Å². The summed E-state index contributed by atoms with van der Waals surface area (Å²) in [4.78, 5) is 19.5. The Morgan fingerprint density at radius 3 is 2.71 bits per heavy atom. The zero-order chi connectivity index (χ0) is 23.9. The van der Waals surface area contributed by atoms with Gasteiger partial charge in [0, 0.05) is 35.9 Å². The second-order valence-corrected chi connectivity index (χ2v) is 9.73. The van der Waals surface area contributed by atoms with Crippen LogP contribution in [0.25, 0.3) is 16.6 Å². The second kappa shape index (κ2) is 9.03. The highest BCUT2D eigenvalue weighted by atomic mass is 19.3. The molecule has 1 aliphatic heterocycles. The van der Waals surface area contributed by atoms with Crippen molar-refractivity contribution in [2.24, 2.45) is 0 Å². The van der Waals surface area contributed by atoms with Gasteiger partial charge in [-0.05, 0) is 74.0 Å². The van der Waals surface area contributed by atoms with Crippen molar-refractivity contribution in [2.45, 2.75) is 57.5 Å². The predicted molar refractivity (Wildman–Crippen MR) is 129 cm³/mol. The molecule has 0 spiro atoms. The lowest BCUT2D eigenvalue weighted by atomic mass is 10.1. The van der Waals surface area contributed by atoms with Crippen molar-refractivity contribution in [3.05, 3.63) is 75.9 Å². The van der Waals surface area contributed by atoms with Gasteiger partial charge in [-0.1, -0.05) is 18.6 Å². The van der Waals surface area contributed by atoms with Gasteiger partial charge in [0.2, 0.25) is 0 Å². The van der Waals surface area contributed by atoms with Crippen LogP contribution in [0.15, 0.2) is 47.7 Å². The molecule has 0 bridgehead atoms. The SMILES string of the molecule is O=c1c2[nH]c(CN3CCCCC3)cc2c(C2CC2)cn1-c1cccc(Cc2nncn2C(F)F)c1. The Bertz CT molecular complexity index is 1410. The lowest BCUT2D eigenvalue weighted by Crippen LogP contribution is -2.29. The highest BCUT2D eigenvalue weighted by molar-refractivity contribution is 5.84. The van der Waals surface area contributed by atoms with Gasteiger partial charge in [-0.15, -0.1) is 10.2 Å². The molecular weight excluding hydrogens is 450 g/mol. The first-order chi connectivity index (χ1) is 17.1. The second-order valence-electron chi connectivity index (χ2n) is 9.73. The number of piperidine rings is 1. The fraction of sp³-hybridized carbons (Fsp3) is 0.423. The van der Waals surface area contributed by atoms with Gasteiger partial charge in [-0.25, -0.2) is 0 Å². The van der Waals surface area contributed by atoms with Crippen molar-refractivity contribution >= 4 is 10.9 Å². The van der Waals surface area contributed by atoms with E-state index in [0.717, 1.165) is 60.0 Å². The lowest BCUT2D eigenvalue weighted by molar-refractivity contribution is 0.0670. The van der Waals surface area contributed by atoms with E-state index in [0.29, 0.717) is 17.1 Å². The van der Waals surface area contributed by atoms with Gasteiger partial charge in [0.05, 0.1) is 0 Å². The van der Waals surface area contributed by atoms with Crippen LogP contribution in [-0.2, 0) is 13.0 Å². The van der Waals surface area contributed by atoms with E-state index < -0.39 is 6.55 Å². The topological polar surface area (TPSA) is 71.7 Å². The number of alkyl halides is 2. The molecule has 4 aromatic rings.